The molecule has 0 aromatic heterocycles. The molecule has 0 bridgehead atoms. The first-order chi connectivity index (χ1) is 19.5. The molecule has 0 saturated heterocycles. The zero-order valence-corrected chi connectivity index (χ0v) is 26.7. The van der Waals surface area contributed by atoms with Gasteiger partial charge in [-0.25, -0.2) is 0 Å². The summed E-state index contributed by atoms with van der Waals surface area (Å²) >= 11 is 0. The SMILES string of the molecule is C/C=C\C/C(C)=C/C/C(C)=C/C/C(C)=C/C/C(C)=C/C/C(C)=C/C/C(C)=C/CC1=C(C)C(=O)c2ccccc2C1=O. The van der Waals surface area contributed by atoms with Crippen LogP contribution in [0.2, 0.25) is 0 Å². The highest BCUT2D eigenvalue weighted by Crippen LogP contribution is 2.28. The minimum absolute atomic E-state index is 0.0209. The van der Waals surface area contributed by atoms with Crippen molar-refractivity contribution in [3.05, 3.63) is 129 Å². The van der Waals surface area contributed by atoms with Crippen LogP contribution in [0.1, 0.15) is 121 Å². The molecule has 1 aliphatic rings. The van der Waals surface area contributed by atoms with E-state index in [4.69, 9.17) is 0 Å². The highest BCUT2D eigenvalue weighted by Gasteiger charge is 2.28. The van der Waals surface area contributed by atoms with Crippen molar-refractivity contribution in [2.45, 2.75) is 100 Å². The summed E-state index contributed by atoms with van der Waals surface area (Å²) in [5.74, 6) is -0.0538. The lowest BCUT2D eigenvalue weighted by molar-refractivity contribution is 0.0973. The first-order valence-corrected chi connectivity index (χ1v) is 15.0. The molecule has 0 radical (unpaired) electrons. The lowest BCUT2D eigenvalue weighted by atomic mass is 9.83. The van der Waals surface area contributed by atoms with Crippen LogP contribution in [0.15, 0.2) is 117 Å². The molecule has 0 amide bonds. The van der Waals surface area contributed by atoms with E-state index in [0.29, 0.717) is 28.7 Å². The normalized spacial score (nSPS) is 16.3. The van der Waals surface area contributed by atoms with Gasteiger partial charge in [0.25, 0.3) is 0 Å². The van der Waals surface area contributed by atoms with Crippen molar-refractivity contribution in [3.8, 4) is 0 Å². The van der Waals surface area contributed by atoms with E-state index in [0.717, 1.165) is 38.5 Å². The van der Waals surface area contributed by atoms with Crippen LogP contribution in [-0.4, -0.2) is 11.6 Å². The molecule has 2 rings (SSSR count). The molecule has 0 spiro atoms. The van der Waals surface area contributed by atoms with Crippen LogP contribution < -0.4 is 0 Å². The standard InChI is InChI=1S/C39H50O2/c1-9-10-13-28(2)16-17-29(3)18-19-30(4)20-21-31(5)22-23-32(6)24-25-33(7)26-27-35-34(8)38(40)36-14-11-12-15-37(36)39(35)41/h9-12,14-16,18,20,22,24,26H,13,17,19,21,23,25,27H2,1-8H3/b10-9-,28-16+,29-18+,30-20+,31-22+,32-24+,33-26+. The third-order valence-corrected chi connectivity index (χ3v) is 7.68. The predicted molar refractivity (Wildman–Crippen MR) is 177 cm³/mol. The van der Waals surface area contributed by atoms with Crippen LogP contribution in [0.5, 0.6) is 0 Å². The second kappa shape index (κ2) is 17.3. The Bertz CT molecular complexity index is 1350. The number of carbonyl (C=O) groups excluding carboxylic acids is 2. The summed E-state index contributed by atoms with van der Waals surface area (Å²) in [6.45, 7) is 17.0. The summed E-state index contributed by atoms with van der Waals surface area (Å²) in [6.07, 6.45) is 24.4. The summed E-state index contributed by atoms with van der Waals surface area (Å²) < 4.78 is 0. The Morgan fingerprint density at radius 3 is 1.34 bits per heavy atom. The largest absolute Gasteiger partial charge is 0.289 e. The first-order valence-electron chi connectivity index (χ1n) is 15.0. The lowest BCUT2D eigenvalue weighted by Gasteiger charge is -2.18. The molecular weight excluding hydrogens is 500 g/mol. The molecule has 1 aromatic rings. The van der Waals surface area contributed by atoms with Crippen molar-refractivity contribution in [1.29, 1.82) is 0 Å². The Hall–Kier alpha value is -3.52. The molecule has 0 atom stereocenters. The average molecular weight is 551 g/mol. The molecule has 2 nitrogen and oxygen atoms in total. The zero-order chi connectivity index (χ0) is 30.4. The zero-order valence-electron chi connectivity index (χ0n) is 26.7. The molecule has 0 fully saturated rings. The lowest BCUT2D eigenvalue weighted by Crippen LogP contribution is -2.20. The molecule has 1 aromatic carbocycles. The number of hydrogen-bond donors (Lipinski definition) is 0. The van der Waals surface area contributed by atoms with Crippen LogP contribution in [0.3, 0.4) is 0 Å². The van der Waals surface area contributed by atoms with Gasteiger partial charge in [-0.3, -0.25) is 9.59 Å². The van der Waals surface area contributed by atoms with Gasteiger partial charge in [0, 0.05) is 22.3 Å². The summed E-state index contributed by atoms with van der Waals surface area (Å²) in [6, 6.07) is 7.12. The Morgan fingerprint density at radius 2 is 0.927 bits per heavy atom. The van der Waals surface area contributed by atoms with Gasteiger partial charge in [0.05, 0.1) is 0 Å². The van der Waals surface area contributed by atoms with Crippen molar-refractivity contribution >= 4 is 11.6 Å². The average Bonchev–Trinajstić information content (AvgIpc) is 2.97. The molecule has 1 aliphatic carbocycles. The fraction of sp³-hybridized carbons (Fsp3) is 0.385. The van der Waals surface area contributed by atoms with E-state index in [9.17, 15) is 9.59 Å². The molecule has 0 unspecified atom stereocenters. The number of allylic oxidation sites excluding steroid dienone is 16. The Kier molecular flexibility index (Phi) is 14.2. The predicted octanol–water partition coefficient (Wildman–Crippen LogP) is 11.4. The number of hydrogen-bond acceptors (Lipinski definition) is 2. The number of Topliss-reactive ketones (excluding diaryl/α,β-unsaturated/α-hetero) is 2. The fourth-order valence-electron chi connectivity index (χ4n) is 4.55. The van der Waals surface area contributed by atoms with Crippen molar-refractivity contribution in [2.24, 2.45) is 0 Å². The molecule has 2 heteroatoms. The Balaban J connectivity index is 1.84. The quantitative estimate of drug-likeness (QED) is 0.216. The number of benzene rings is 1. The number of fused-ring (bicyclic) bond motifs is 1. The maximum absolute atomic E-state index is 13.0. The highest BCUT2D eigenvalue weighted by atomic mass is 16.1. The van der Waals surface area contributed by atoms with Crippen molar-refractivity contribution in [1.82, 2.24) is 0 Å². The van der Waals surface area contributed by atoms with Gasteiger partial charge >= 0.3 is 0 Å². The van der Waals surface area contributed by atoms with Gasteiger partial charge in [-0.15, -0.1) is 0 Å². The third kappa shape index (κ3) is 11.5. The van der Waals surface area contributed by atoms with Gasteiger partial charge in [0.1, 0.15) is 0 Å². The van der Waals surface area contributed by atoms with E-state index < -0.39 is 0 Å². The monoisotopic (exact) mass is 550 g/mol. The first kappa shape index (κ1) is 33.7. The van der Waals surface area contributed by atoms with Gasteiger partial charge < -0.3 is 0 Å². The van der Waals surface area contributed by atoms with E-state index in [-0.39, 0.29) is 11.6 Å². The maximum atomic E-state index is 13.0. The van der Waals surface area contributed by atoms with E-state index in [1.54, 1.807) is 19.1 Å². The third-order valence-electron chi connectivity index (χ3n) is 7.68. The maximum Gasteiger partial charge on any atom is 0.190 e. The van der Waals surface area contributed by atoms with Gasteiger partial charge in [-0.05, 0) is 100 Å². The van der Waals surface area contributed by atoms with E-state index >= 15 is 0 Å². The molecule has 218 valence electrons. The fourth-order valence-corrected chi connectivity index (χ4v) is 4.55. The molecule has 0 saturated carbocycles. The van der Waals surface area contributed by atoms with Crippen LogP contribution >= 0.6 is 0 Å². The van der Waals surface area contributed by atoms with Gasteiger partial charge in [-0.1, -0.05) is 106 Å². The number of rotatable bonds is 14. The van der Waals surface area contributed by atoms with Gasteiger partial charge in [-0.2, -0.15) is 0 Å². The number of carbonyl (C=O) groups is 2. The molecule has 0 heterocycles. The summed E-state index contributed by atoms with van der Waals surface area (Å²) in [7, 11) is 0. The molecule has 0 aliphatic heterocycles. The van der Waals surface area contributed by atoms with Crippen LogP contribution in [0.4, 0.5) is 0 Å². The van der Waals surface area contributed by atoms with E-state index in [2.05, 4.69) is 97.1 Å². The molecular formula is C39H50O2. The second-order valence-electron chi connectivity index (χ2n) is 11.6. The second-order valence-corrected chi connectivity index (χ2v) is 11.6. The Morgan fingerprint density at radius 1 is 0.561 bits per heavy atom. The van der Waals surface area contributed by atoms with Crippen LogP contribution in [-0.2, 0) is 0 Å². The van der Waals surface area contributed by atoms with Gasteiger partial charge in [0.2, 0.25) is 0 Å². The van der Waals surface area contributed by atoms with Crippen molar-refractivity contribution < 1.29 is 9.59 Å². The molecule has 41 heavy (non-hydrogen) atoms. The topological polar surface area (TPSA) is 34.1 Å². The summed E-state index contributed by atoms with van der Waals surface area (Å²) in [5.41, 5.74) is 10.4. The molecule has 0 N–H and O–H groups in total. The minimum atomic E-state index is -0.0329. The summed E-state index contributed by atoms with van der Waals surface area (Å²) in [5, 5.41) is 0. The number of ketones is 2. The van der Waals surface area contributed by atoms with Crippen LogP contribution in [0.25, 0.3) is 0 Å². The smallest absolute Gasteiger partial charge is 0.190 e. The van der Waals surface area contributed by atoms with Crippen molar-refractivity contribution in [2.75, 3.05) is 0 Å². The highest BCUT2D eigenvalue weighted by molar-refractivity contribution is 6.26. The minimum Gasteiger partial charge on any atom is -0.289 e. The Labute approximate surface area is 249 Å². The van der Waals surface area contributed by atoms with E-state index in [1.807, 2.05) is 12.1 Å². The van der Waals surface area contributed by atoms with Crippen molar-refractivity contribution in [3.63, 3.8) is 0 Å². The van der Waals surface area contributed by atoms with Gasteiger partial charge in [0.15, 0.2) is 11.6 Å². The summed E-state index contributed by atoms with van der Waals surface area (Å²) in [4.78, 5) is 25.7. The van der Waals surface area contributed by atoms with Crippen LogP contribution in [0, 0.1) is 0 Å². The van der Waals surface area contributed by atoms with E-state index in [1.165, 1.54) is 33.4 Å².